The summed E-state index contributed by atoms with van der Waals surface area (Å²) in [6, 6.07) is 53.0. The second-order valence-electron chi connectivity index (χ2n) is 10.4. The fourth-order valence-corrected chi connectivity index (χ4v) is 8.32. The molecule has 2 heterocycles. The molecule has 0 aliphatic heterocycles. The van der Waals surface area contributed by atoms with Gasteiger partial charge in [-0.05, 0) is 0 Å². The molecule has 0 aliphatic carbocycles. The zero-order valence-corrected chi connectivity index (χ0v) is 24.9. The van der Waals surface area contributed by atoms with Gasteiger partial charge in [-0.3, -0.25) is 0 Å². The third-order valence-corrected chi connectivity index (χ3v) is 10.3. The van der Waals surface area contributed by atoms with Crippen LogP contribution in [0.5, 0.6) is 0 Å². The van der Waals surface area contributed by atoms with E-state index in [-0.39, 0.29) is 14.5 Å². The third kappa shape index (κ3) is 4.77. The van der Waals surface area contributed by atoms with Crippen LogP contribution in [-0.4, -0.2) is 29.5 Å². The smallest absolute Gasteiger partial charge is 0.0617 e. The van der Waals surface area contributed by atoms with Gasteiger partial charge < -0.3 is 0 Å². The summed E-state index contributed by atoms with van der Waals surface area (Å²) in [4.78, 5) is 15.2. The van der Waals surface area contributed by atoms with Gasteiger partial charge >= 0.3 is 239 Å². The average Bonchev–Trinajstić information content (AvgIpc) is 3.49. The molecule has 0 aliphatic rings. The van der Waals surface area contributed by atoms with E-state index in [0.29, 0.717) is 17.5 Å². The minimum absolute atomic E-state index is 0.179. The molecule has 43 heavy (non-hydrogen) atoms. The van der Waals surface area contributed by atoms with E-state index in [1.165, 1.54) is 36.0 Å². The fourth-order valence-electron chi connectivity index (χ4n) is 5.66. The van der Waals surface area contributed by atoms with Gasteiger partial charge in [-0.25, -0.2) is 0 Å². The molecule has 0 atom stereocenters. The average molecular weight is 615 g/mol. The van der Waals surface area contributed by atoms with Crippen LogP contribution in [0.2, 0.25) is 0 Å². The summed E-state index contributed by atoms with van der Waals surface area (Å²) in [5, 5.41) is 2.52. The van der Waals surface area contributed by atoms with E-state index in [9.17, 15) is 0 Å². The van der Waals surface area contributed by atoms with Crippen molar-refractivity contribution in [1.29, 1.82) is 0 Å². The van der Waals surface area contributed by atoms with Crippen LogP contribution < -0.4 is 0 Å². The van der Waals surface area contributed by atoms with Crippen molar-refractivity contribution in [2.24, 2.45) is 0 Å². The number of hydrogen-bond donors (Lipinski definition) is 0. The van der Waals surface area contributed by atoms with Gasteiger partial charge in [0.05, 0.1) is 0 Å². The predicted octanol–water partition coefficient (Wildman–Crippen LogP) is 9.57. The molecule has 6 aromatic carbocycles. The number of nitrogens with zero attached hydrogens (tertiary/aromatic N) is 3. The van der Waals surface area contributed by atoms with E-state index >= 15 is 0 Å². The minimum Gasteiger partial charge on any atom is -0.0617 e. The molecule has 0 amide bonds. The Bertz CT molecular complexity index is 2210. The SMILES string of the molecule is c1ccc(-c2ccc(-c3nc(-c4ccccc4)nc(-c4cccc5[se]c6c(-c7ccccc7)cccc6c45)n3)cc2)cc1. The van der Waals surface area contributed by atoms with Crippen LogP contribution in [0.3, 0.4) is 0 Å². The Hall–Kier alpha value is -5.15. The van der Waals surface area contributed by atoms with E-state index in [2.05, 4.69) is 127 Å². The summed E-state index contributed by atoms with van der Waals surface area (Å²) in [7, 11) is 0. The summed E-state index contributed by atoms with van der Waals surface area (Å²) < 4.78 is 2.77. The number of hydrogen-bond acceptors (Lipinski definition) is 3. The summed E-state index contributed by atoms with van der Waals surface area (Å²) >= 11 is 0.179. The molecule has 0 saturated carbocycles. The quantitative estimate of drug-likeness (QED) is 0.181. The first-order chi connectivity index (χ1) is 21.3. The Morgan fingerprint density at radius 3 is 1.51 bits per heavy atom. The molecular weight excluding hydrogens is 589 g/mol. The molecule has 0 bridgehead atoms. The molecule has 8 rings (SSSR count). The standard InChI is InChI=1S/C39H25N3Se/c1-4-12-26(13-5-1)27-22-24-30(25-23-27)38-40-37(29-16-8-3-9-17-29)41-39(42-38)33-20-11-21-34-35(33)32-19-10-18-31(36(32)43-34)28-14-6-2-7-15-28/h1-25H. The van der Waals surface area contributed by atoms with Crippen LogP contribution in [0.25, 0.3) is 75.7 Å². The van der Waals surface area contributed by atoms with Crippen LogP contribution in [0, 0.1) is 0 Å². The van der Waals surface area contributed by atoms with Crippen molar-refractivity contribution in [1.82, 2.24) is 15.0 Å². The molecular formula is C39H25N3Se. The molecule has 4 heteroatoms. The molecule has 0 saturated heterocycles. The summed E-state index contributed by atoms with van der Waals surface area (Å²) in [5.74, 6) is 2.04. The molecule has 0 radical (unpaired) electrons. The van der Waals surface area contributed by atoms with Gasteiger partial charge in [0.2, 0.25) is 0 Å². The number of rotatable bonds is 5. The Morgan fingerprint density at radius 2 is 0.837 bits per heavy atom. The normalized spacial score (nSPS) is 11.3. The molecule has 2 aromatic heterocycles. The summed E-state index contributed by atoms with van der Waals surface area (Å²) in [5.41, 5.74) is 7.89. The zero-order chi connectivity index (χ0) is 28.6. The second kappa shape index (κ2) is 10.9. The van der Waals surface area contributed by atoms with Gasteiger partial charge in [-0.15, -0.1) is 0 Å². The van der Waals surface area contributed by atoms with Gasteiger partial charge in [-0.1, -0.05) is 18.2 Å². The van der Waals surface area contributed by atoms with Crippen molar-refractivity contribution in [3.05, 3.63) is 152 Å². The topological polar surface area (TPSA) is 38.7 Å². The molecule has 0 unspecified atom stereocenters. The van der Waals surface area contributed by atoms with E-state index in [4.69, 9.17) is 15.0 Å². The van der Waals surface area contributed by atoms with Crippen LogP contribution in [0.4, 0.5) is 0 Å². The summed E-state index contributed by atoms with van der Waals surface area (Å²) in [6.07, 6.45) is 0. The first-order valence-corrected chi connectivity index (χ1v) is 16.0. The Balaban J connectivity index is 1.32. The van der Waals surface area contributed by atoms with Gasteiger partial charge in [-0.2, -0.15) is 0 Å². The Kier molecular flexibility index (Phi) is 6.49. The molecule has 3 nitrogen and oxygen atoms in total. The van der Waals surface area contributed by atoms with Crippen LogP contribution in [0.1, 0.15) is 0 Å². The van der Waals surface area contributed by atoms with Crippen molar-refractivity contribution in [2.45, 2.75) is 0 Å². The molecule has 0 N–H and O–H groups in total. The van der Waals surface area contributed by atoms with Crippen molar-refractivity contribution >= 4 is 33.8 Å². The second-order valence-corrected chi connectivity index (χ2v) is 12.7. The van der Waals surface area contributed by atoms with Gasteiger partial charge in [0.1, 0.15) is 0 Å². The monoisotopic (exact) mass is 615 g/mol. The number of fused-ring (bicyclic) bond motifs is 3. The van der Waals surface area contributed by atoms with E-state index in [1.54, 1.807) is 0 Å². The van der Waals surface area contributed by atoms with E-state index in [1.807, 2.05) is 24.3 Å². The van der Waals surface area contributed by atoms with Crippen LogP contribution in [0.15, 0.2) is 152 Å². The van der Waals surface area contributed by atoms with Crippen molar-refractivity contribution < 1.29 is 0 Å². The molecule has 202 valence electrons. The molecule has 0 fully saturated rings. The Morgan fingerprint density at radius 1 is 0.349 bits per heavy atom. The summed E-state index contributed by atoms with van der Waals surface area (Å²) in [6.45, 7) is 0. The minimum atomic E-state index is 0.179. The molecule has 8 aromatic rings. The van der Waals surface area contributed by atoms with Crippen molar-refractivity contribution in [3.8, 4) is 56.4 Å². The van der Waals surface area contributed by atoms with E-state index in [0.717, 1.165) is 22.3 Å². The van der Waals surface area contributed by atoms with Gasteiger partial charge in [0.25, 0.3) is 0 Å². The van der Waals surface area contributed by atoms with Gasteiger partial charge in [0, 0.05) is 0 Å². The van der Waals surface area contributed by atoms with Crippen molar-refractivity contribution in [3.63, 3.8) is 0 Å². The first kappa shape index (κ1) is 25.6. The number of benzene rings is 6. The zero-order valence-electron chi connectivity index (χ0n) is 23.2. The van der Waals surface area contributed by atoms with Crippen molar-refractivity contribution in [2.75, 3.05) is 0 Å². The number of aromatic nitrogens is 3. The predicted molar refractivity (Wildman–Crippen MR) is 179 cm³/mol. The maximum absolute atomic E-state index is 5.12. The third-order valence-electron chi connectivity index (χ3n) is 7.77. The fraction of sp³-hybridized carbons (Fsp3) is 0. The first-order valence-electron chi connectivity index (χ1n) is 14.3. The van der Waals surface area contributed by atoms with Gasteiger partial charge in [0.15, 0.2) is 0 Å². The van der Waals surface area contributed by atoms with Crippen LogP contribution in [-0.2, 0) is 0 Å². The van der Waals surface area contributed by atoms with Crippen LogP contribution >= 0.6 is 0 Å². The molecule has 0 spiro atoms. The Labute approximate surface area is 255 Å². The maximum atomic E-state index is 5.12. The van der Waals surface area contributed by atoms with E-state index < -0.39 is 0 Å².